The molecule has 2 aromatic carbocycles. The van der Waals surface area contributed by atoms with E-state index in [4.69, 9.17) is 4.74 Å². The van der Waals surface area contributed by atoms with Gasteiger partial charge >= 0.3 is 0 Å². The van der Waals surface area contributed by atoms with E-state index < -0.39 is 6.10 Å². The Bertz CT molecular complexity index is 509. The molecule has 2 rings (SSSR count). The van der Waals surface area contributed by atoms with Crippen LogP contribution in [0.2, 0.25) is 0 Å². The fraction of sp³-hybridized carbons (Fsp3) is 0.143. The summed E-state index contributed by atoms with van der Waals surface area (Å²) in [6.07, 6.45) is -0.533. The van der Waals surface area contributed by atoms with Crippen molar-refractivity contribution in [3.05, 3.63) is 57.7 Å². The van der Waals surface area contributed by atoms with Crippen molar-refractivity contribution >= 4 is 22.6 Å². The van der Waals surface area contributed by atoms with E-state index in [-0.39, 0.29) is 0 Å². The van der Waals surface area contributed by atoms with Gasteiger partial charge in [0, 0.05) is 9.13 Å². The molecular formula is C14H13IO2. The fourth-order valence-electron chi connectivity index (χ4n) is 1.58. The number of rotatable bonds is 3. The Morgan fingerprint density at radius 3 is 2.59 bits per heavy atom. The highest BCUT2D eigenvalue weighted by molar-refractivity contribution is 14.1. The number of halogens is 1. The molecule has 0 fully saturated rings. The van der Waals surface area contributed by atoms with E-state index in [1.54, 1.807) is 6.92 Å². The summed E-state index contributed by atoms with van der Waals surface area (Å²) in [5.74, 6) is 1.48. The fourth-order valence-corrected chi connectivity index (χ4v) is 2.09. The quantitative estimate of drug-likeness (QED) is 0.851. The molecule has 0 spiro atoms. The van der Waals surface area contributed by atoms with E-state index in [9.17, 15) is 5.11 Å². The molecule has 0 amide bonds. The minimum Gasteiger partial charge on any atom is -0.457 e. The van der Waals surface area contributed by atoms with Gasteiger partial charge in [-0.3, -0.25) is 0 Å². The third-order valence-corrected chi connectivity index (χ3v) is 3.06. The van der Waals surface area contributed by atoms with E-state index in [1.807, 2.05) is 48.5 Å². The Kier molecular flexibility index (Phi) is 4.02. The van der Waals surface area contributed by atoms with Gasteiger partial charge in [0.1, 0.15) is 11.5 Å². The van der Waals surface area contributed by atoms with Crippen molar-refractivity contribution in [1.29, 1.82) is 0 Å². The predicted octanol–water partition coefficient (Wildman–Crippen LogP) is 4.14. The monoisotopic (exact) mass is 340 g/mol. The number of ether oxygens (including phenoxy) is 1. The normalized spacial score (nSPS) is 12.2. The highest BCUT2D eigenvalue weighted by atomic mass is 127. The zero-order valence-corrected chi connectivity index (χ0v) is 11.6. The first-order chi connectivity index (χ1) is 8.16. The summed E-state index contributed by atoms with van der Waals surface area (Å²) >= 11 is 2.24. The molecule has 0 aromatic heterocycles. The van der Waals surface area contributed by atoms with E-state index in [0.717, 1.165) is 14.9 Å². The Morgan fingerprint density at radius 1 is 1.12 bits per heavy atom. The van der Waals surface area contributed by atoms with Crippen molar-refractivity contribution in [3.63, 3.8) is 0 Å². The molecule has 17 heavy (non-hydrogen) atoms. The Morgan fingerprint density at radius 2 is 1.88 bits per heavy atom. The number of aliphatic hydroxyl groups excluding tert-OH is 1. The molecule has 2 aromatic rings. The van der Waals surface area contributed by atoms with Gasteiger partial charge in [-0.25, -0.2) is 0 Å². The molecule has 88 valence electrons. The van der Waals surface area contributed by atoms with Gasteiger partial charge in [0.2, 0.25) is 0 Å². The molecule has 2 nitrogen and oxygen atoms in total. The van der Waals surface area contributed by atoms with E-state index in [0.29, 0.717) is 5.75 Å². The van der Waals surface area contributed by atoms with Crippen molar-refractivity contribution in [3.8, 4) is 11.5 Å². The molecule has 3 heteroatoms. The molecule has 0 unspecified atom stereocenters. The molecule has 0 saturated carbocycles. The van der Waals surface area contributed by atoms with Crippen molar-refractivity contribution in [2.75, 3.05) is 0 Å². The van der Waals surface area contributed by atoms with Crippen molar-refractivity contribution in [2.24, 2.45) is 0 Å². The van der Waals surface area contributed by atoms with E-state index in [1.165, 1.54) is 0 Å². The third-order valence-electron chi connectivity index (χ3n) is 2.39. The summed E-state index contributed by atoms with van der Waals surface area (Å²) in [7, 11) is 0. The number of hydrogen-bond donors (Lipinski definition) is 1. The molecule has 0 aliphatic rings. The SMILES string of the molecule is C[C@@H](O)c1ccccc1Oc1cccc(I)c1. The number of aliphatic hydroxyl groups is 1. The number of para-hydroxylation sites is 1. The average molecular weight is 340 g/mol. The van der Waals surface area contributed by atoms with Gasteiger partial charge in [0.05, 0.1) is 6.10 Å². The standard InChI is InChI=1S/C14H13IO2/c1-10(16)13-7-2-3-8-14(13)17-12-6-4-5-11(15)9-12/h2-10,16H,1H3/t10-/m1/s1. The lowest BCUT2D eigenvalue weighted by Crippen LogP contribution is -1.95. The van der Waals surface area contributed by atoms with E-state index in [2.05, 4.69) is 22.6 Å². The summed E-state index contributed by atoms with van der Waals surface area (Å²) in [5.41, 5.74) is 0.798. The minimum atomic E-state index is -0.533. The van der Waals surface area contributed by atoms with Crippen LogP contribution < -0.4 is 4.74 Å². The molecule has 0 saturated heterocycles. The van der Waals surface area contributed by atoms with Gasteiger partial charge in [-0.1, -0.05) is 24.3 Å². The first-order valence-electron chi connectivity index (χ1n) is 5.37. The maximum atomic E-state index is 9.66. The van der Waals surface area contributed by atoms with Crippen LogP contribution in [0.4, 0.5) is 0 Å². The van der Waals surface area contributed by atoms with Crippen LogP contribution in [-0.4, -0.2) is 5.11 Å². The van der Waals surface area contributed by atoms with Crippen molar-refractivity contribution < 1.29 is 9.84 Å². The first kappa shape index (κ1) is 12.4. The summed E-state index contributed by atoms with van der Waals surface area (Å²) in [6.45, 7) is 1.73. The van der Waals surface area contributed by atoms with Crippen LogP contribution in [0, 0.1) is 3.57 Å². The van der Waals surface area contributed by atoms with Gasteiger partial charge in [-0.15, -0.1) is 0 Å². The summed E-state index contributed by atoms with van der Waals surface area (Å²) in [5, 5.41) is 9.66. The van der Waals surface area contributed by atoms with Crippen LogP contribution in [0.25, 0.3) is 0 Å². The van der Waals surface area contributed by atoms with Crippen LogP contribution in [-0.2, 0) is 0 Å². The van der Waals surface area contributed by atoms with Gasteiger partial charge in [-0.05, 0) is 53.8 Å². The lowest BCUT2D eigenvalue weighted by molar-refractivity contribution is 0.195. The second kappa shape index (κ2) is 5.51. The van der Waals surface area contributed by atoms with Gasteiger partial charge in [-0.2, -0.15) is 0 Å². The summed E-state index contributed by atoms with van der Waals surface area (Å²) in [4.78, 5) is 0. The Balaban J connectivity index is 2.30. The second-order valence-electron chi connectivity index (χ2n) is 3.77. The topological polar surface area (TPSA) is 29.5 Å². The highest BCUT2D eigenvalue weighted by Gasteiger charge is 2.08. The number of benzene rings is 2. The van der Waals surface area contributed by atoms with Crippen molar-refractivity contribution in [2.45, 2.75) is 13.0 Å². The molecule has 0 aliphatic carbocycles. The molecule has 1 N–H and O–H groups in total. The zero-order chi connectivity index (χ0) is 12.3. The summed E-state index contributed by atoms with van der Waals surface area (Å²) in [6, 6.07) is 15.3. The lowest BCUT2D eigenvalue weighted by atomic mass is 10.1. The molecule has 0 aliphatic heterocycles. The summed E-state index contributed by atoms with van der Waals surface area (Å²) < 4.78 is 6.91. The first-order valence-corrected chi connectivity index (χ1v) is 6.45. The van der Waals surface area contributed by atoms with Crippen LogP contribution in [0.15, 0.2) is 48.5 Å². The van der Waals surface area contributed by atoms with Gasteiger partial charge in [0.15, 0.2) is 0 Å². The molecule has 1 atom stereocenters. The number of hydrogen-bond acceptors (Lipinski definition) is 2. The largest absolute Gasteiger partial charge is 0.457 e. The smallest absolute Gasteiger partial charge is 0.133 e. The molecule has 0 radical (unpaired) electrons. The minimum absolute atomic E-state index is 0.533. The maximum Gasteiger partial charge on any atom is 0.133 e. The second-order valence-corrected chi connectivity index (χ2v) is 5.02. The maximum absolute atomic E-state index is 9.66. The van der Waals surface area contributed by atoms with Crippen LogP contribution >= 0.6 is 22.6 Å². The molecule has 0 bridgehead atoms. The molecular weight excluding hydrogens is 327 g/mol. The van der Waals surface area contributed by atoms with E-state index >= 15 is 0 Å². The van der Waals surface area contributed by atoms with Crippen LogP contribution in [0.1, 0.15) is 18.6 Å². The average Bonchev–Trinajstić information content (AvgIpc) is 2.29. The van der Waals surface area contributed by atoms with Gasteiger partial charge in [0.25, 0.3) is 0 Å². The van der Waals surface area contributed by atoms with Crippen LogP contribution in [0.5, 0.6) is 11.5 Å². The Hall–Kier alpha value is -1.07. The Labute approximate surface area is 114 Å². The van der Waals surface area contributed by atoms with Gasteiger partial charge < -0.3 is 9.84 Å². The highest BCUT2D eigenvalue weighted by Crippen LogP contribution is 2.29. The molecule has 0 heterocycles. The lowest BCUT2D eigenvalue weighted by Gasteiger charge is -2.12. The third kappa shape index (κ3) is 3.20. The zero-order valence-electron chi connectivity index (χ0n) is 9.43. The van der Waals surface area contributed by atoms with Crippen LogP contribution in [0.3, 0.4) is 0 Å². The van der Waals surface area contributed by atoms with Crippen molar-refractivity contribution in [1.82, 2.24) is 0 Å². The predicted molar refractivity (Wildman–Crippen MR) is 76.3 cm³/mol.